The maximum Gasteiger partial charge on any atom is 0.133 e. The van der Waals surface area contributed by atoms with Crippen LogP contribution in [0.5, 0.6) is 0 Å². The topological polar surface area (TPSA) is 37.8 Å². The van der Waals surface area contributed by atoms with Crippen molar-refractivity contribution in [1.29, 1.82) is 0 Å². The fourth-order valence-corrected chi connectivity index (χ4v) is 2.94. The van der Waals surface area contributed by atoms with Gasteiger partial charge in [0.2, 0.25) is 0 Å². The third-order valence-corrected chi connectivity index (χ3v) is 3.78. The number of aromatic nitrogens is 2. The lowest BCUT2D eigenvalue weighted by Crippen LogP contribution is -2.01. The first-order chi connectivity index (χ1) is 8.74. The molecule has 0 aliphatic heterocycles. The predicted octanol–water partition coefficient (Wildman–Crippen LogP) is 3.89. The average molecular weight is 280 g/mol. The lowest BCUT2D eigenvalue weighted by molar-refractivity contribution is 0.946. The molecule has 18 heavy (non-hydrogen) atoms. The van der Waals surface area contributed by atoms with E-state index in [4.69, 9.17) is 11.6 Å². The van der Waals surface area contributed by atoms with E-state index in [1.165, 1.54) is 0 Å². The second-order valence-corrected chi connectivity index (χ2v) is 5.17. The number of hydrogen-bond donors (Lipinski definition) is 1. The van der Waals surface area contributed by atoms with Crippen molar-refractivity contribution in [2.24, 2.45) is 0 Å². The highest BCUT2D eigenvalue weighted by Crippen LogP contribution is 2.32. The zero-order valence-corrected chi connectivity index (χ0v) is 11.8. The van der Waals surface area contributed by atoms with Crippen molar-refractivity contribution >= 4 is 29.2 Å². The molecule has 3 nitrogen and oxygen atoms in total. The molecule has 0 aliphatic carbocycles. The first kappa shape index (κ1) is 13.2. The van der Waals surface area contributed by atoms with E-state index in [0.29, 0.717) is 0 Å². The average Bonchev–Trinajstić information content (AvgIpc) is 2.38. The standard InChI is InChI=1S/C13H14ClN3S/c1-3-11-12(15-2)16-8-17-13(11)18-10-6-4-5-9(14)7-10/h4-8H,3H2,1-2H3,(H,15,16,17). The highest BCUT2D eigenvalue weighted by atomic mass is 35.5. The molecule has 0 saturated heterocycles. The van der Waals surface area contributed by atoms with E-state index in [9.17, 15) is 0 Å². The molecule has 0 unspecified atom stereocenters. The van der Waals surface area contributed by atoms with Gasteiger partial charge in [0.25, 0.3) is 0 Å². The van der Waals surface area contributed by atoms with E-state index in [2.05, 4.69) is 22.2 Å². The number of benzene rings is 1. The van der Waals surface area contributed by atoms with Gasteiger partial charge in [-0.3, -0.25) is 0 Å². The predicted molar refractivity (Wildman–Crippen MR) is 76.5 cm³/mol. The Balaban J connectivity index is 2.34. The Kier molecular flexibility index (Phi) is 4.44. The Morgan fingerprint density at radius 1 is 1.33 bits per heavy atom. The third kappa shape index (κ3) is 2.94. The number of rotatable bonds is 4. The van der Waals surface area contributed by atoms with Gasteiger partial charge in [-0.1, -0.05) is 36.4 Å². The summed E-state index contributed by atoms with van der Waals surface area (Å²) in [5, 5.41) is 4.80. The van der Waals surface area contributed by atoms with Crippen molar-refractivity contribution < 1.29 is 0 Å². The molecule has 5 heteroatoms. The third-order valence-electron chi connectivity index (χ3n) is 2.51. The van der Waals surface area contributed by atoms with E-state index in [0.717, 1.165) is 32.7 Å². The molecule has 1 N–H and O–H groups in total. The van der Waals surface area contributed by atoms with Crippen LogP contribution in [-0.4, -0.2) is 17.0 Å². The minimum atomic E-state index is 0.737. The molecule has 0 spiro atoms. The van der Waals surface area contributed by atoms with Crippen LogP contribution < -0.4 is 5.32 Å². The molecule has 0 atom stereocenters. The second kappa shape index (κ2) is 6.07. The second-order valence-electron chi connectivity index (χ2n) is 3.67. The van der Waals surface area contributed by atoms with Gasteiger partial charge in [0.05, 0.1) is 0 Å². The van der Waals surface area contributed by atoms with Gasteiger partial charge in [0.1, 0.15) is 17.2 Å². The number of halogens is 1. The first-order valence-corrected chi connectivity index (χ1v) is 6.89. The summed E-state index contributed by atoms with van der Waals surface area (Å²) in [7, 11) is 1.87. The first-order valence-electron chi connectivity index (χ1n) is 5.69. The summed E-state index contributed by atoms with van der Waals surface area (Å²) >= 11 is 7.59. The van der Waals surface area contributed by atoms with Crippen molar-refractivity contribution in [3.63, 3.8) is 0 Å². The smallest absolute Gasteiger partial charge is 0.133 e. The van der Waals surface area contributed by atoms with Gasteiger partial charge in [-0.05, 0) is 24.6 Å². The lowest BCUT2D eigenvalue weighted by Gasteiger charge is -2.10. The minimum absolute atomic E-state index is 0.737. The van der Waals surface area contributed by atoms with Crippen LogP contribution in [0.25, 0.3) is 0 Å². The van der Waals surface area contributed by atoms with Crippen LogP contribution in [0.15, 0.2) is 40.5 Å². The van der Waals surface area contributed by atoms with E-state index < -0.39 is 0 Å². The summed E-state index contributed by atoms with van der Waals surface area (Å²) in [6.45, 7) is 2.10. The summed E-state index contributed by atoms with van der Waals surface area (Å²) < 4.78 is 0. The quantitative estimate of drug-likeness (QED) is 0.862. The van der Waals surface area contributed by atoms with Crippen LogP contribution in [0.4, 0.5) is 5.82 Å². The summed E-state index contributed by atoms with van der Waals surface area (Å²) in [5.74, 6) is 0.886. The van der Waals surface area contributed by atoms with Crippen molar-refractivity contribution in [3.05, 3.63) is 41.2 Å². The maximum atomic E-state index is 5.98. The van der Waals surface area contributed by atoms with Crippen molar-refractivity contribution in [3.8, 4) is 0 Å². The highest BCUT2D eigenvalue weighted by Gasteiger charge is 2.10. The summed E-state index contributed by atoms with van der Waals surface area (Å²) in [5.41, 5.74) is 1.13. The normalized spacial score (nSPS) is 10.4. The van der Waals surface area contributed by atoms with E-state index in [-0.39, 0.29) is 0 Å². The maximum absolute atomic E-state index is 5.98. The molecule has 0 radical (unpaired) electrons. The Labute approximate surface area is 116 Å². The molecule has 94 valence electrons. The van der Waals surface area contributed by atoms with Crippen LogP contribution in [0.3, 0.4) is 0 Å². The molecule has 0 bridgehead atoms. The summed E-state index contributed by atoms with van der Waals surface area (Å²) in [6, 6.07) is 7.77. The van der Waals surface area contributed by atoms with E-state index in [1.807, 2.05) is 31.3 Å². The van der Waals surface area contributed by atoms with Gasteiger partial charge >= 0.3 is 0 Å². The van der Waals surface area contributed by atoms with Crippen LogP contribution in [-0.2, 0) is 6.42 Å². The lowest BCUT2D eigenvalue weighted by atomic mass is 10.2. The van der Waals surface area contributed by atoms with Gasteiger partial charge in [0, 0.05) is 22.5 Å². The van der Waals surface area contributed by atoms with Gasteiger partial charge in [-0.2, -0.15) is 0 Å². The Morgan fingerprint density at radius 3 is 2.83 bits per heavy atom. The van der Waals surface area contributed by atoms with Crippen LogP contribution in [0, 0.1) is 0 Å². The highest BCUT2D eigenvalue weighted by molar-refractivity contribution is 7.99. The molecular formula is C13H14ClN3S. The fourth-order valence-electron chi connectivity index (χ4n) is 1.66. The summed E-state index contributed by atoms with van der Waals surface area (Å²) in [4.78, 5) is 9.66. The Hall–Kier alpha value is -1.26. The number of anilines is 1. The largest absolute Gasteiger partial charge is 0.373 e. The molecule has 2 rings (SSSR count). The number of nitrogens with zero attached hydrogens (tertiary/aromatic N) is 2. The van der Waals surface area contributed by atoms with E-state index in [1.54, 1.807) is 18.1 Å². The van der Waals surface area contributed by atoms with Crippen molar-refractivity contribution in [2.75, 3.05) is 12.4 Å². The molecule has 0 fully saturated rings. The van der Waals surface area contributed by atoms with Gasteiger partial charge in [0.15, 0.2) is 0 Å². The fraction of sp³-hybridized carbons (Fsp3) is 0.231. The summed E-state index contributed by atoms with van der Waals surface area (Å²) in [6.07, 6.45) is 2.47. The molecule has 1 aromatic carbocycles. The molecule has 0 amide bonds. The van der Waals surface area contributed by atoms with Crippen molar-refractivity contribution in [2.45, 2.75) is 23.3 Å². The molecule has 1 heterocycles. The number of nitrogens with one attached hydrogen (secondary N) is 1. The van der Waals surface area contributed by atoms with E-state index >= 15 is 0 Å². The zero-order valence-electron chi connectivity index (χ0n) is 10.3. The monoisotopic (exact) mass is 279 g/mol. The van der Waals surface area contributed by atoms with Gasteiger partial charge in [-0.25, -0.2) is 9.97 Å². The molecular weight excluding hydrogens is 266 g/mol. The van der Waals surface area contributed by atoms with Crippen LogP contribution in [0.2, 0.25) is 5.02 Å². The molecule has 0 saturated carbocycles. The number of hydrogen-bond acceptors (Lipinski definition) is 4. The van der Waals surface area contributed by atoms with Crippen LogP contribution >= 0.6 is 23.4 Å². The SMILES string of the molecule is CCc1c(NC)ncnc1Sc1cccc(Cl)c1. The van der Waals surface area contributed by atoms with Gasteiger partial charge in [-0.15, -0.1) is 0 Å². The molecule has 0 aliphatic rings. The Morgan fingerprint density at radius 2 is 2.17 bits per heavy atom. The van der Waals surface area contributed by atoms with Crippen LogP contribution in [0.1, 0.15) is 12.5 Å². The molecule has 1 aromatic heterocycles. The zero-order chi connectivity index (χ0) is 13.0. The minimum Gasteiger partial charge on any atom is -0.373 e. The van der Waals surface area contributed by atoms with Gasteiger partial charge < -0.3 is 5.32 Å². The molecule has 2 aromatic rings. The van der Waals surface area contributed by atoms with Crippen molar-refractivity contribution in [1.82, 2.24) is 9.97 Å². The Bertz CT molecular complexity index is 546.